The molecule has 0 saturated carbocycles. The normalized spacial score (nSPS) is 10.2. The van der Waals surface area contributed by atoms with Crippen LogP contribution in [0.1, 0.15) is 15.9 Å². The molecule has 0 saturated heterocycles. The molecule has 0 aliphatic carbocycles. The minimum Gasteiger partial charge on any atom is -0.496 e. The summed E-state index contributed by atoms with van der Waals surface area (Å²) in [5.74, 6) is 0.555. The Labute approximate surface area is 139 Å². The Kier molecular flexibility index (Phi) is 4.76. The first-order valence-corrected chi connectivity index (χ1v) is 7.39. The molecule has 2 aromatic heterocycles. The first-order chi connectivity index (χ1) is 11.8. The molecule has 0 atom stereocenters. The predicted octanol–water partition coefficient (Wildman–Crippen LogP) is 2.48. The molecule has 0 spiro atoms. The van der Waals surface area contributed by atoms with Gasteiger partial charge < -0.3 is 10.1 Å². The molecule has 0 aliphatic rings. The maximum absolute atomic E-state index is 12.2. The summed E-state index contributed by atoms with van der Waals surface area (Å²) in [6.07, 6.45) is 6.36. The van der Waals surface area contributed by atoms with Crippen LogP contribution in [0.5, 0.6) is 5.75 Å². The minimum atomic E-state index is -0.190. The molecule has 0 fully saturated rings. The lowest BCUT2D eigenvalue weighted by atomic mass is 10.1. The van der Waals surface area contributed by atoms with Crippen LogP contribution in [-0.2, 0) is 6.54 Å². The number of para-hydroxylation sites is 1. The Morgan fingerprint density at radius 3 is 2.58 bits per heavy atom. The summed E-state index contributed by atoms with van der Waals surface area (Å²) in [5, 5.41) is 2.87. The average Bonchev–Trinajstić information content (AvgIpc) is 2.67. The van der Waals surface area contributed by atoms with Gasteiger partial charge in [-0.3, -0.25) is 9.78 Å². The Balaban J connectivity index is 1.67. The van der Waals surface area contributed by atoms with Gasteiger partial charge in [0.15, 0.2) is 0 Å². The Hall–Kier alpha value is -3.28. The SMILES string of the molecule is COc1ccccc1CNC(=O)c1ccc(-c2cncnc2)nc1. The monoisotopic (exact) mass is 320 g/mol. The van der Waals surface area contributed by atoms with E-state index < -0.39 is 0 Å². The van der Waals surface area contributed by atoms with E-state index in [1.54, 1.807) is 37.8 Å². The molecule has 1 N–H and O–H groups in total. The van der Waals surface area contributed by atoms with Crippen molar-refractivity contribution in [3.05, 3.63) is 72.4 Å². The van der Waals surface area contributed by atoms with Gasteiger partial charge in [0, 0.05) is 36.3 Å². The van der Waals surface area contributed by atoms with Crippen LogP contribution in [0.2, 0.25) is 0 Å². The summed E-state index contributed by atoms with van der Waals surface area (Å²) in [6, 6.07) is 11.1. The molecule has 3 aromatic rings. The first kappa shape index (κ1) is 15.6. The molecule has 2 heterocycles. The molecule has 3 rings (SSSR count). The third-order valence-corrected chi connectivity index (χ3v) is 3.51. The van der Waals surface area contributed by atoms with Crippen molar-refractivity contribution in [2.75, 3.05) is 7.11 Å². The molecule has 0 bridgehead atoms. The maximum Gasteiger partial charge on any atom is 0.253 e. The fraction of sp³-hybridized carbons (Fsp3) is 0.111. The highest BCUT2D eigenvalue weighted by atomic mass is 16.5. The lowest BCUT2D eigenvalue weighted by Crippen LogP contribution is -2.23. The molecule has 0 unspecified atom stereocenters. The lowest BCUT2D eigenvalue weighted by Gasteiger charge is -2.09. The van der Waals surface area contributed by atoms with Crippen molar-refractivity contribution in [1.82, 2.24) is 20.3 Å². The number of nitrogens with one attached hydrogen (secondary N) is 1. The van der Waals surface area contributed by atoms with Crippen LogP contribution in [-0.4, -0.2) is 28.0 Å². The van der Waals surface area contributed by atoms with Gasteiger partial charge in [-0.15, -0.1) is 0 Å². The second kappa shape index (κ2) is 7.32. The second-order valence-corrected chi connectivity index (χ2v) is 5.05. The van der Waals surface area contributed by atoms with E-state index in [1.165, 1.54) is 6.33 Å². The highest BCUT2D eigenvalue weighted by Crippen LogP contribution is 2.17. The van der Waals surface area contributed by atoms with E-state index in [1.807, 2.05) is 24.3 Å². The topological polar surface area (TPSA) is 77.0 Å². The molecular weight excluding hydrogens is 304 g/mol. The summed E-state index contributed by atoms with van der Waals surface area (Å²) in [4.78, 5) is 24.5. The average molecular weight is 320 g/mol. The zero-order valence-corrected chi connectivity index (χ0v) is 13.1. The van der Waals surface area contributed by atoms with Gasteiger partial charge >= 0.3 is 0 Å². The highest BCUT2D eigenvalue weighted by Gasteiger charge is 2.09. The fourth-order valence-corrected chi connectivity index (χ4v) is 2.26. The van der Waals surface area contributed by atoms with Crippen molar-refractivity contribution in [2.24, 2.45) is 0 Å². The Bertz CT molecular complexity index is 820. The lowest BCUT2D eigenvalue weighted by molar-refractivity contribution is 0.0950. The summed E-state index contributed by atoms with van der Waals surface area (Å²) in [6.45, 7) is 0.386. The number of rotatable bonds is 5. The van der Waals surface area contributed by atoms with Crippen LogP contribution in [0.3, 0.4) is 0 Å². The van der Waals surface area contributed by atoms with Crippen molar-refractivity contribution >= 4 is 5.91 Å². The number of hydrogen-bond donors (Lipinski definition) is 1. The number of benzene rings is 1. The number of carbonyl (C=O) groups is 1. The van der Waals surface area contributed by atoms with Crippen molar-refractivity contribution in [3.63, 3.8) is 0 Å². The van der Waals surface area contributed by atoms with Crippen molar-refractivity contribution < 1.29 is 9.53 Å². The molecule has 24 heavy (non-hydrogen) atoms. The Morgan fingerprint density at radius 2 is 1.88 bits per heavy atom. The smallest absolute Gasteiger partial charge is 0.253 e. The second-order valence-electron chi connectivity index (χ2n) is 5.05. The number of pyridine rings is 1. The van der Waals surface area contributed by atoms with Crippen molar-refractivity contribution in [1.29, 1.82) is 0 Å². The Morgan fingerprint density at radius 1 is 1.08 bits per heavy atom. The summed E-state index contributed by atoms with van der Waals surface area (Å²) in [5.41, 5.74) is 2.93. The zero-order valence-electron chi connectivity index (χ0n) is 13.1. The third-order valence-electron chi connectivity index (χ3n) is 3.51. The number of carbonyl (C=O) groups excluding carboxylic acids is 1. The summed E-state index contributed by atoms with van der Waals surface area (Å²) < 4.78 is 5.27. The van der Waals surface area contributed by atoms with Gasteiger partial charge in [-0.25, -0.2) is 9.97 Å². The van der Waals surface area contributed by atoms with Gasteiger partial charge in [0.2, 0.25) is 0 Å². The van der Waals surface area contributed by atoms with Gasteiger partial charge in [-0.1, -0.05) is 18.2 Å². The molecule has 6 heteroatoms. The van der Waals surface area contributed by atoms with E-state index in [4.69, 9.17) is 4.74 Å². The molecule has 120 valence electrons. The van der Waals surface area contributed by atoms with E-state index in [9.17, 15) is 4.79 Å². The molecule has 1 amide bonds. The quantitative estimate of drug-likeness (QED) is 0.781. The van der Waals surface area contributed by atoms with Gasteiger partial charge in [0.05, 0.1) is 18.4 Å². The number of hydrogen-bond acceptors (Lipinski definition) is 5. The minimum absolute atomic E-state index is 0.190. The van der Waals surface area contributed by atoms with E-state index in [0.29, 0.717) is 12.1 Å². The van der Waals surface area contributed by atoms with Crippen LogP contribution >= 0.6 is 0 Å². The van der Waals surface area contributed by atoms with Gasteiger partial charge in [0.1, 0.15) is 12.1 Å². The van der Waals surface area contributed by atoms with Crippen molar-refractivity contribution in [2.45, 2.75) is 6.54 Å². The van der Waals surface area contributed by atoms with Crippen molar-refractivity contribution in [3.8, 4) is 17.0 Å². The van der Waals surface area contributed by atoms with Crippen LogP contribution in [0.25, 0.3) is 11.3 Å². The van der Waals surface area contributed by atoms with E-state index in [-0.39, 0.29) is 5.91 Å². The van der Waals surface area contributed by atoms with E-state index in [0.717, 1.165) is 22.6 Å². The molecule has 6 nitrogen and oxygen atoms in total. The number of amides is 1. The van der Waals surface area contributed by atoms with Crippen LogP contribution in [0.4, 0.5) is 0 Å². The maximum atomic E-state index is 12.2. The predicted molar refractivity (Wildman–Crippen MR) is 89.4 cm³/mol. The van der Waals surface area contributed by atoms with Gasteiger partial charge in [-0.05, 0) is 18.2 Å². The van der Waals surface area contributed by atoms with Crippen LogP contribution in [0, 0.1) is 0 Å². The van der Waals surface area contributed by atoms with Crippen LogP contribution < -0.4 is 10.1 Å². The largest absolute Gasteiger partial charge is 0.496 e. The van der Waals surface area contributed by atoms with E-state index >= 15 is 0 Å². The molecule has 1 aromatic carbocycles. The van der Waals surface area contributed by atoms with Crippen LogP contribution in [0.15, 0.2) is 61.3 Å². The van der Waals surface area contributed by atoms with Gasteiger partial charge in [-0.2, -0.15) is 0 Å². The summed E-state index contributed by atoms with van der Waals surface area (Å²) >= 11 is 0. The molecule has 0 radical (unpaired) electrons. The third kappa shape index (κ3) is 3.55. The highest BCUT2D eigenvalue weighted by molar-refractivity contribution is 5.94. The number of aromatic nitrogens is 3. The fourth-order valence-electron chi connectivity index (χ4n) is 2.26. The first-order valence-electron chi connectivity index (χ1n) is 7.39. The standard InChI is InChI=1S/C18H16N4O2/c1-24-17-5-3-2-4-13(17)10-22-18(23)14-6-7-16(21-11-14)15-8-19-12-20-9-15/h2-9,11-12H,10H2,1H3,(H,22,23). The van der Waals surface area contributed by atoms with E-state index in [2.05, 4.69) is 20.3 Å². The molecule has 0 aliphatic heterocycles. The number of ether oxygens (including phenoxy) is 1. The number of nitrogens with zero attached hydrogens (tertiary/aromatic N) is 3. The summed E-state index contributed by atoms with van der Waals surface area (Å²) in [7, 11) is 1.61. The zero-order chi connectivity index (χ0) is 16.8. The number of methoxy groups -OCH3 is 1. The van der Waals surface area contributed by atoms with Gasteiger partial charge in [0.25, 0.3) is 5.91 Å². The molecular formula is C18H16N4O2.